The fraction of sp³-hybridized carbons (Fsp3) is 0.364. The van der Waals surface area contributed by atoms with Crippen LogP contribution in [0.15, 0.2) is 30.3 Å². The van der Waals surface area contributed by atoms with E-state index in [0.29, 0.717) is 13.1 Å². The molecule has 0 fully saturated rings. The molecule has 0 aliphatic carbocycles. The van der Waals surface area contributed by atoms with Crippen molar-refractivity contribution in [2.75, 3.05) is 6.54 Å². The van der Waals surface area contributed by atoms with Crippen molar-refractivity contribution >= 4 is 0 Å². The average molecular weight is 217 g/mol. The van der Waals surface area contributed by atoms with Crippen LogP contribution in [0.2, 0.25) is 0 Å². The summed E-state index contributed by atoms with van der Waals surface area (Å²) in [6, 6.07) is 10.2. The maximum Gasteiger partial charge on any atom is 0.165 e. The maximum absolute atomic E-state index is 3.99. The number of benzene rings is 1. The van der Waals surface area contributed by atoms with Gasteiger partial charge in [-0.05, 0) is 22.5 Å². The predicted octanol–water partition coefficient (Wildman–Crippen LogP) is 0.831. The lowest BCUT2D eigenvalue weighted by molar-refractivity contribution is 0.588. The van der Waals surface area contributed by atoms with Crippen LogP contribution < -0.4 is 5.32 Å². The molecule has 16 heavy (non-hydrogen) atoms. The Labute approximate surface area is 94.5 Å². The summed E-state index contributed by atoms with van der Waals surface area (Å²) >= 11 is 0. The van der Waals surface area contributed by atoms with Gasteiger partial charge in [-0.15, -0.1) is 5.10 Å². The van der Waals surface area contributed by atoms with Crippen LogP contribution in [0, 0.1) is 0 Å². The zero-order valence-electron chi connectivity index (χ0n) is 9.30. The van der Waals surface area contributed by atoms with Crippen molar-refractivity contribution in [1.29, 1.82) is 0 Å². The molecular weight excluding hydrogens is 202 g/mol. The molecule has 0 aliphatic heterocycles. The number of hydrogen-bond acceptors (Lipinski definition) is 4. The van der Waals surface area contributed by atoms with E-state index in [-0.39, 0.29) is 0 Å². The smallest absolute Gasteiger partial charge is 0.165 e. The van der Waals surface area contributed by atoms with Gasteiger partial charge < -0.3 is 5.32 Å². The van der Waals surface area contributed by atoms with E-state index in [4.69, 9.17) is 0 Å². The van der Waals surface area contributed by atoms with Crippen LogP contribution in [0.5, 0.6) is 0 Å². The van der Waals surface area contributed by atoms with E-state index >= 15 is 0 Å². The number of hydrogen-bond donors (Lipinski definition) is 1. The molecule has 1 heterocycles. The molecule has 1 N–H and O–H groups in total. The second-order valence-electron chi connectivity index (χ2n) is 3.52. The minimum absolute atomic E-state index is 0.705. The Bertz CT molecular complexity index is 423. The Morgan fingerprint density at radius 3 is 2.81 bits per heavy atom. The van der Waals surface area contributed by atoms with Gasteiger partial charge in [-0.25, -0.2) is 4.68 Å². The molecule has 0 spiro atoms. The average Bonchev–Trinajstić information content (AvgIpc) is 2.75. The lowest BCUT2D eigenvalue weighted by Crippen LogP contribution is -2.17. The van der Waals surface area contributed by atoms with Gasteiger partial charge in [0.1, 0.15) is 0 Å². The topological polar surface area (TPSA) is 55.6 Å². The van der Waals surface area contributed by atoms with E-state index in [9.17, 15) is 0 Å². The Morgan fingerprint density at radius 2 is 2.06 bits per heavy atom. The van der Waals surface area contributed by atoms with E-state index in [0.717, 1.165) is 12.4 Å². The van der Waals surface area contributed by atoms with Gasteiger partial charge in [0.05, 0.1) is 13.1 Å². The highest BCUT2D eigenvalue weighted by atomic mass is 15.5. The van der Waals surface area contributed by atoms with Gasteiger partial charge in [0.2, 0.25) is 0 Å². The first kappa shape index (κ1) is 10.8. The molecule has 0 saturated carbocycles. The van der Waals surface area contributed by atoms with Crippen molar-refractivity contribution in [3.05, 3.63) is 41.7 Å². The summed E-state index contributed by atoms with van der Waals surface area (Å²) in [5, 5.41) is 14.9. The number of nitrogens with one attached hydrogen (secondary N) is 1. The third kappa shape index (κ3) is 2.64. The molecular formula is C11H15N5. The third-order valence-electron chi connectivity index (χ3n) is 2.31. The molecule has 0 bridgehead atoms. The van der Waals surface area contributed by atoms with E-state index in [1.165, 1.54) is 5.56 Å². The highest BCUT2D eigenvalue weighted by Gasteiger charge is 2.05. The molecule has 0 amide bonds. The predicted molar refractivity (Wildman–Crippen MR) is 60.7 cm³/mol. The van der Waals surface area contributed by atoms with Gasteiger partial charge in [0, 0.05) is 0 Å². The highest BCUT2D eigenvalue weighted by Crippen LogP contribution is 2.02. The largest absolute Gasteiger partial charge is 0.310 e. The van der Waals surface area contributed by atoms with Gasteiger partial charge >= 0.3 is 0 Å². The van der Waals surface area contributed by atoms with Crippen LogP contribution in [-0.2, 0) is 13.1 Å². The van der Waals surface area contributed by atoms with E-state index in [1.807, 2.05) is 22.9 Å². The Balaban J connectivity index is 2.07. The van der Waals surface area contributed by atoms with Gasteiger partial charge in [-0.1, -0.05) is 37.3 Å². The molecule has 2 rings (SSSR count). The summed E-state index contributed by atoms with van der Waals surface area (Å²) in [4.78, 5) is 0. The standard InChI is InChI=1S/C11H15N5/c1-2-12-8-11-13-14-15-16(11)9-10-6-4-3-5-7-10/h3-7,12H,2,8-9H2,1H3. The van der Waals surface area contributed by atoms with Crippen molar-refractivity contribution < 1.29 is 0 Å². The number of rotatable bonds is 5. The minimum Gasteiger partial charge on any atom is -0.310 e. The molecule has 84 valence electrons. The second kappa shape index (κ2) is 5.37. The van der Waals surface area contributed by atoms with Crippen LogP contribution in [0.1, 0.15) is 18.3 Å². The summed E-state index contributed by atoms with van der Waals surface area (Å²) in [6.45, 7) is 4.40. The summed E-state index contributed by atoms with van der Waals surface area (Å²) in [6.07, 6.45) is 0. The summed E-state index contributed by atoms with van der Waals surface area (Å²) in [5.74, 6) is 0.866. The van der Waals surface area contributed by atoms with Crippen molar-refractivity contribution in [1.82, 2.24) is 25.5 Å². The Morgan fingerprint density at radius 1 is 1.25 bits per heavy atom. The molecule has 0 unspecified atom stereocenters. The molecule has 0 atom stereocenters. The first-order chi connectivity index (χ1) is 7.90. The van der Waals surface area contributed by atoms with Gasteiger partial charge in [0.15, 0.2) is 5.82 Å². The molecule has 1 aromatic heterocycles. The fourth-order valence-corrected chi connectivity index (χ4v) is 1.47. The first-order valence-electron chi connectivity index (χ1n) is 5.40. The van der Waals surface area contributed by atoms with Crippen molar-refractivity contribution in [3.63, 3.8) is 0 Å². The molecule has 5 heteroatoms. The van der Waals surface area contributed by atoms with Crippen LogP contribution in [0.25, 0.3) is 0 Å². The van der Waals surface area contributed by atoms with Crippen LogP contribution in [0.3, 0.4) is 0 Å². The van der Waals surface area contributed by atoms with Crippen LogP contribution in [0.4, 0.5) is 0 Å². The van der Waals surface area contributed by atoms with E-state index in [2.05, 4.69) is 39.9 Å². The molecule has 0 radical (unpaired) electrons. The minimum atomic E-state index is 0.705. The van der Waals surface area contributed by atoms with Crippen molar-refractivity contribution in [2.45, 2.75) is 20.0 Å². The fourth-order valence-electron chi connectivity index (χ4n) is 1.47. The van der Waals surface area contributed by atoms with Gasteiger partial charge in [0.25, 0.3) is 0 Å². The first-order valence-corrected chi connectivity index (χ1v) is 5.40. The quantitative estimate of drug-likeness (QED) is 0.806. The summed E-state index contributed by atoms with van der Waals surface area (Å²) < 4.78 is 1.82. The van der Waals surface area contributed by atoms with Crippen LogP contribution >= 0.6 is 0 Å². The third-order valence-corrected chi connectivity index (χ3v) is 2.31. The lowest BCUT2D eigenvalue weighted by Gasteiger charge is -2.04. The Kier molecular flexibility index (Phi) is 3.61. The van der Waals surface area contributed by atoms with Gasteiger partial charge in [-0.2, -0.15) is 0 Å². The molecule has 2 aromatic rings. The van der Waals surface area contributed by atoms with Crippen molar-refractivity contribution in [3.8, 4) is 0 Å². The SMILES string of the molecule is CCNCc1nnnn1Cc1ccccc1. The second-order valence-corrected chi connectivity index (χ2v) is 3.52. The molecule has 1 aromatic carbocycles. The Hall–Kier alpha value is -1.75. The normalized spacial score (nSPS) is 10.6. The monoisotopic (exact) mass is 217 g/mol. The zero-order chi connectivity index (χ0) is 11.2. The van der Waals surface area contributed by atoms with Crippen LogP contribution in [-0.4, -0.2) is 26.8 Å². The van der Waals surface area contributed by atoms with Crippen molar-refractivity contribution in [2.24, 2.45) is 0 Å². The number of nitrogens with zero attached hydrogens (tertiary/aromatic N) is 4. The molecule has 0 saturated heterocycles. The zero-order valence-corrected chi connectivity index (χ0v) is 9.30. The van der Waals surface area contributed by atoms with E-state index < -0.39 is 0 Å². The maximum atomic E-state index is 3.99. The van der Waals surface area contributed by atoms with E-state index in [1.54, 1.807) is 0 Å². The highest BCUT2D eigenvalue weighted by molar-refractivity contribution is 5.14. The summed E-state index contributed by atoms with van der Waals surface area (Å²) in [5.41, 5.74) is 1.20. The molecule has 5 nitrogen and oxygen atoms in total. The lowest BCUT2D eigenvalue weighted by atomic mass is 10.2. The number of tetrazole rings is 1. The summed E-state index contributed by atoms with van der Waals surface area (Å²) in [7, 11) is 0. The van der Waals surface area contributed by atoms with Gasteiger partial charge in [-0.3, -0.25) is 0 Å². The molecule has 0 aliphatic rings. The number of aromatic nitrogens is 4.